The molecule has 1 aromatic heterocycles. The van der Waals surface area contributed by atoms with Crippen molar-refractivity contribution in [3.63, 3.8) is 0 Å². The maximum absolute atomic E-state index is 10.6. The van der Waals surface area contributed by atoms with Crippen LogP contribution in [-0.4, -0.2) is 6.29 Å². The third kappa shape index (κ3) is 1.38. The molecule has 2 heteroatoms. The highest BCUT2D eigenvalue weighted by molar-refractivity contribution is 5.84. The highest BCUT2D eigenvalue weighted by Gasteiger charge is 2.06. The molecular weight excluding hydrogens is 164 g/mol. The molecule has 2 rings (SSSR count). The summed E-state index contributed by atoms with van der Waals surface area (Å²) in [6.07, 6.45) is 2.30. The topological polar surface area (TPSA) is 30.2 Å². The quantitative estimate of drug-likeness (QED) is 0.650. The highest BCUT2D eigenvalue weighted by Crippen LogP contribution is 2.22. The van der Waals surface area contributed by atoms with Crippen molar-refractivity contribution in [1.82, 2.24) is 0 Å². The minimum absolute atomic E-state index is 0.575. The Bertz CT molecular complexity index is 401. The molecule has 2 nitrogen and oxygen atoms in total. The van der Waals surface area contributed by atoms with Crippen molar-refractivity contribution in [3.8, 4) is 11.3 Å². The first-order valence-electron chi connectivity index (χ1n) is 3.91. The van der Waals surface area contributed by atoms with Crippen LogP contribution in [0.5, 0.6) is 0 Å². The van der Waals surface area contributed by atoms with Gasteiger partial charge in [0, 0.05) is 5.56 Å². The molecule has 0 saturated carbocycles. The molecule has 1 radical (unpaired) electrons. The lowest BCUT2D eigenvalue weighted by Crippen LogP contribution is -1.79. The molecular formula is C11H7O2. The summed E-state index contributed by atoms with van der Waals surface area (Å²) in [5.41, 5.74) is 1.47. The molecule has 0 atom stereocenters. The van der Waals surface area contributed by atoms with Crippen LogP contribution in [0.15, 0.2) is 41.0 Å². The first-order valence-corrected chi connectivity index (χ1v) is 3.91. The minimum Gasteiger partial charge on any atom is -0.464 e. The van der Waals surface area contributed by atoms with Crippen LogP contribution in [0.25, 0.3) is 11.3 Å². The summed E-state index contributed by atoms with van der Waals surface area (Å²) < 4.78 is 5.20. The van der Waals surface area contributed by atoms with Crippen molar-refractivity contribution in [2.24, 2.45) is 0 Å². The molecule has 0 bridgehead atoms. The Labute approximate surface area is 75.8 Å². The van der Waals surface area contributed by atoms with E-state index in [2.05, 4.69) is 6.07 Å². The highest BCUT2D eigenvalue weighted by atomic mass is 16.3. The molecule has 2 aromatic rings. The van der Waals surface area contributed by atoms with Gasteiger partial charge in [0.15, 0.2) is 6.29 Å². The molecule has 0 amide bonds. The number of benzene rings is 1. The Morgan fingerprint density at radius 2 is 2.00 bits per heavy atom. The summed E-state index contributed by atoms with van der Waals surface area (Å²) in [5.74, 6) is 0.615. The zero-order chi connectivity index (χ0) is 9.10. The van der Waals surface area contributed by atoms with Crippen LogP contribution in [0.4, 0.5) is 0 Å². The van der Waals surface area contributed by atoms with Gasteiger partial charge in [0.05, 0.1) is 11.8 Å². The number of carbonyl (C=O) groups excluding carboxylic acids is 1. The van der Waals surface area contributed by atoms with E-state index in [0.29, 0.717) is 11.3 Å². The molecule has 0 N–H and O–H groups in total. The van der Waals surface area contributed by atoms with Crippen molar-refractivity contribution in [2.75, 3.05) is 0 Å². The predicted molar refractivity (Wildman–Crippen MR) is 48.4 cm³/mol. The van der Waals surface area contributed by atoms with Crippen molar-refractivity contribution in [1.29, 1.82) is 0 Å². The number of furan rings is 1. The van der Waals surface area contributed by atoms with Crippen molar-refractivity contribution >= 4 is 6.29 Å². The number of rotatable bonds is 2. The Morgan fingerprint density at radius 3 is 2.69 bits per heavy atom. The molecule has 0 saturated heterocycles. The summed E-state index contributed by atoms with van der Waals surface area (Å²) in [7, 11) is 0. The van der Waals surface area contributed by atoms with Crippen LogP contribution in [0.2, 0.25) is 0 Å². The molecule has 1 heterocycles. The van der Waals surface area contributed by atoms with Gasteiger partial charge >= 0.3 is 0 Å². The van der Waals surface area contributed by atoms with Gasteiger partial charge in [-0.3, -0.25) is 4.79 Å². The van der Waals surface area contributed by atoms with Crippen LogP contribution < -0.4 is 0 Å². The molecule has 0 aliphatic rings. The fourth-order valence-electron chi connectivity index (χ4n) is 1.18. The Hall–Kier alpha value is -1.83. The average molecular weight is 171 g/mol. The molecule has 13 heavy (non-hydrogen) atoms. The SMILES string of the molecule is O=Cc1ccoc1-c1cc[c]cc1. The van der Waals surface area contributed by atoms with Gasteiger partial charge in [-0.25, -0.2) is 0 Å². The van der Waals surface area contributed by atoms with Gasteiger partial charge in [-0.2, -0.15) is 0 Å². The summed E-state index contributed by atoms with van der Waals surface area (Å²) in [6, 6.07) is 11.8. The second-order valence-corrected chi connectivity index (χ2v) is 2.61. The first-order chi connectivity index (χ1) is 6.42. The van der Waals surface area contributed by atoms with E-state index in [1.807, 2.05) is 12.1 Å². The molecule has 0 aliphatic carbocycles. The maximum atomic E-state index is 10.6. The van der Waals surface area contributed by atoms with E-state index in [0.717, 1.165) is 11.8 Å². The smallest absolute Gasteiger partial charge is 0.153 e. The van der Waals surface area contributed by atoms with Crippen LogP contribution in [0, 0.1) is 6.07 Å². The maximum Gasteiger partial charge on any atom is 0.153 e. The largest absolute Gasteiger partial charge is 0.464 e. The molecule has 0 unspecified atom stereocenters. The first kappa shape index (κ1) is 7.80. The van der Waals surface area contributed by atoms with E-state index < -0.39 is 0 Å². The summed E-state index contributed by atoms with van der Waals surface area (Å²) >= 11 is 0. The van der Waals surface area contributed by atoms with Gasteiger partial charge in [0.25, 0.3) is 0 Å². The zero-order valence-electron chi connectivity index (χ0n) is 6.86. The molecule has 63 valence electrons. The second kappa shape index (κ2) is 3.27. The van der Waals surface area contributed by atoms with Crippen molar-refractivity contribution in [2.45, 2.75) is 0 Å². The van der Waals surface area contributed by atoms with E-state index in [1.54, 1.807) is 18.2 Å². The third-order valence-electron chi connectivity index (χ3n) is 1.80. The predicted octanol–water partition coefficient (Wildman–Crippen LogP) is 2.56. The number of hydrogen-bond donors (Lipinski definition) is 0. The fourth-order valence-corrected chi connectivity index (χ4v) is 1.18. The van der Waals surface area contributed by atoms with E-state index in [-0.39, 0.29) is 0 Å². The third-order valence-corrected chi connectivity index (χ3v) is 1.80. The van der Waals surface area contributed by atoms with Crippen LogP contribution in [0.1, 0.15) is 10.4 Å². The number of carbonyl (C=O) groups is 1. The van der Waals surface area contributed by atoms with Crippen LogP contribution in [0.3, 0.4) is 0 Å². The van der Waals surface area contributed by atoms with Gasteiger partial charge in [0.2, 0.25) is 0 Å². The summed E-state index contributed by atoms with van der Waals surface area (Å²) in [4.78, 5) is 10.6. The lowest BCUT2D eigenvalue weighted by molar-refractivity contribution is 0.112. The minimum atomic E-state index is 0.575. The van der Waals surface area contributed by atoms with Gasteiger partial charge in [-0.15, -0.1) is 0 Å². The van der Waals surface area contributed by atoms with E-state index in [1.165, 1.54) is 6.26 Å². The van der Waals surface area contributed by atoms with Crippen molar-refractivity contribution < 1.29 is 9.21 Å². The Kier molecular flexibility index (Phi) is 1.96. The van der Waals surface area contributed by atoms with Gasteiger partial charge in [0.1, 0.15) is 5.76 Å². The summed E-state index contributed by atoms with van der Waals surface area (Å²) in [6.45, 7) is 0. The van der Waals surface area contributed by atoms with Gasteiger partial charge < -0.3 is 4.42 Å². The average Bonchev–Trinajstić information content (AvgIpc) is 2.67. The fraction of sp³-hybridized carbons (Fsp3) is 0. The monoisotopic (exact) mass is 171 g/mol. The lowest BCUT2D eigenvalue weighted by atomic mass is 10.1. The Morgan fingerprint density at radius 1 is 1.23 bits per heavy atom. The van der Waals surface area contributed by atoms with Crippen LogP contribution >= 0.6 is 0 Å². The molecule has 1 aromatic carbocycles. The van der Waals surface area contributed by atoms with Crippen molar-refractivity contribution in [3.05, 3.63) is 48.2 Å². The normalized spacial score (nSPS) is 9.85. The van der Waals surface area contributed by atoms with E-state index in [4.69, 9.17) is 4.42 Å². The second-order valence-electron chi connectivity index (χ2n) is 2.61. The summed E-state index contributed by atoms with van der Waals surface area (Å²) in [5, 5.41) is 0. The molecule has 0 spiro atoms. The van der Waals surface area contributed by atoms with E-state index >= 15 is 0 Å². The standard InChI is InChI=1S/C11H7O2/c12-8-10-6-7-13-11(10)9-4-2-1-3-5-9/h2-8H. The zero-order valence-corrected chi connectivity index (χ0v) is 6.86. The lowest BCUT2D eigenvalue weighted by Gasteiger charge is -1.95. The number of hydrogen-bond acceptors (Lipinski definition) is 2. The Balaban J connectivity index is 2.52. The molecule has 0 aliphatic heterocycles. The van der Waals surface area contributed by atoms with Crippen LogP contribution in [-0.2, 0) is 0 Å². The number of aldehydes is 1. The molecule has 0 fully saturated rings. The van der Waals surface area contributed by atoms with Gasteiger partial charge in [-0.1, -0.05) is 24.3 Å². The van der Waals surface area contributed by atoms with E-state index in [9.17, 15) is 4.79 Å². The van der Waals surface area contributed by atoms with Gasteiger partial charge in [-0.05, 0) is 12.1 Å².